The number of hydrogen-bond donors (Lipinski definition) is 0. The van der Waals surface area contributed by atoms with E-state index in [1.54, 1.807) is 11.3 Å². The van der Waals surface area contributed by atoms with Crippen LogP contribution in [0.4, 0.5) is 5.69 Å². The van der Waals surface area contributed by atoms with Gasteiger partial charge in [0.25, 0.3) is 0 Å². The highest BCUT2D eigenvalue weighted by Gasteiger charge is 2.17. The molecule has 0 unspecified atom stereocenters. The summed E-state index contributed by atoms with van der Waals surface area (Å²) in [5.74, 6) is 0. The summed E-state index contributed by atoms with van der Waals surface area (Å²) in [6, 6.07) is 2.08. The van der Waals surface area contributed by atoms with Gasteiger partial charge in [0.1, 0.15) is 4.83 Å². The van der Waals surface area contributed by atoms with E-state index >= 15 is 0 Å². The largest absolute Gasteiger partial charge is 0.378 e. The van der Waals surface area contributed by atoms with E-state index in [2.05, 4.69) is 26.3 Å². The Morgan fingerprint density at radius 1 is 1.21 bits per heavy atom. The second-order valence-corrected chi connectivity index (χ2v) is 5.48. The minimum absolute atomic E-state index is 0.803. The SMILES string of the molecule is c1cc2c(cn1)cnc1scc(N3CCOCC3)c12. The zero-order valence-corrected chi connectivity index (χ0v) is 11.2. The summed E-state index contributed by atoms with van der Waals surface area (Å²) in [6.45, 7) is 3.51. The van der Waals surface area contributed by atoms with Crippen LogP contribution in [0.3, 0.4) is 0 Å². The predicted molar refractivity (Wildman–Crippen MR) is 78.0 cm³/mol. The van der Waals surface area contributed by atoms with Gasteiger partial charge in [-0.1, -0.05) is 0 Å². The lowest BCUT2D eigenvalue weighted by Gasteiger charge is -2.28. The van der Waals surface area contributed by atoms with Crippen molar-refractivity contribution in [1.82, 2.24) is 9.97 Å². The van der Waals surface area contributed by atoms with Crippen LogP contribution in [0.2, 0.25) is 0 Å². The van der Waals surface area contributed by atoms with E-state index in [9.17, 15) is 0 Å². The first-order chi connectivity index (χ1) is 9.43. The minimum atomic E-state index is 0.803. The zero-order chi connectivity index (χ0) is 12.7. The van der Waals surface area contributed by atoms with E-state index in [1.165, 1.54) is 16.5 Å². The molecule has 5 heteroatoms. The molecular formula is C14H13N3OS. The number of rotatable bonds is 1. The van der Waals surface area contributed by atoms with Crippen LogP contribution in [-0.4, -0.2) is 36.3 Å². The lowest BCUT2D eigenvalue weighted by molar-refractivity contribution is 0.123. The molecule has 0 atom stereocenters. The van der Waals surface area contributed by atoms with Gasteiger partial charge in [-0.2, -0.15) is 0 Å². The molecule has 0 aromatic carbocycles. The summed E-state index contributed by atoms with van der Waals surface area (Å²) < 4.78 is 5.43. The fourth-order valence-electron chi connectivity index (χ4n) is 2.59. The molecule has 19 heavy (non-hydrogen) atoms. The molecule has 4 rings (SSSR count). The van der Waals surface area contributed by atoms with E-state index in [1.807, 2.05) is 18.6 Å². The number of pyridine rings is 2. The van der Waals surface area contributed by atoms with E-state index in [-0.39, 0.29) is 0 Å². The van der Waals surface area contributed by atoms with Crippen LogP contribution in [0.15, 0.2) is 30.0 Å². The van der Waals surface area contributed by atoms with Gasteiger partial charge in [0.15, 0.2) is 0 Å². The van der Waals surface area contributed by atoms with Crippen LogP contribution < -0.4 is 4.90 Å². The molecule has 1 aliphatic heterocycles. The predicted octanol–water partition coefficient (Wildman–Crippen LogP) is 2.68. The van der Waals surface area contributed by atoms with Gasteiger partial charge in [-0.25, -0.2) is 4.98 Å². The van der Waals surface area contributed by atoms with Crippen molar-refractivity contribution < 1.29 is 4.74 Å². The van der Waals surface area contributed by atoms with Crippen molar-refractivity contribution in [3.63, 3.8) is 0 Å². The number of hydrogen-bond acceptors (Lipinski definition) is 5. The lowest BCUT2D eigenvalue weighted by atomic mass is 10.1. The molecule has 3 aromatic heterocycles. The maximum absolute atomic E-state index is 5.43. The van der Waals surface area contributed by atoms with Crippen molar-refractivity contribution in [1.29, 1.82) is 0 Å². The number of morpholine rings is 1. The Balaban J connectivity index is 1.97. The Morgan fingerprint density at radius 3 is 3.00 bits per heavy atom. The monoisotopic (exact) mass is 271 g/mol. The molecule has 4 nitrogen and oxygen atoms in total. The first kappa shape index (κ1) is 11.1. The number of ether oxygens (including phenoxy) is 1. The molecule has 3 aromatic rings. The molecule has 0 radical (unpaired) electrons. The van der Waals surface area contributed by atoms with E-state index in [4.69, 9.17) is 4.74 Å². The smallest absolute Gasteiger partial charge is 0.126 e. The molecule has 0 spiro atoms. The number of thiophene rings is 1. The first-order valence-electron chi connectivity index (χ1n) is 6.36. The highest BCUT2D eigenvalue weighted by Crippen LogP contribution is 2.36. The number of nitrogens with zero attached hydrogens (tertiary/aromatic N) is 3. The van der Waals surface area contributed by atoms with Gasteiger partial charge in [0.05, 0.1) is 18.9 Å². The number of anilines is 1. The lowest BCUT2D eigenvalue weighted by Crippen LogP contribution is -2.36. The topological polar surface area (TPSA) is 38.2 Å². The average Bonchev–Trinajstić information content (AvgIpc) is 2.92. The van der Waals surface area contributed by atoms with Gasteiger partial charge in [0.2, 0.25) is 0 Å². The second-order valence-electron chi connectivity index (χ2n) is 4.62. The van der Waals surface area contributed by atoms with Crippen molar-refractivity contribution in [3.05, 3.63) is 30.0 Å². The van der Waals surface area contributed by atoms with Gasteiger partial charge < -0.3 is 9.64 Å². The molecule has 0 amide bonds. The van der Waals surface area contributed by atoms with Crippen LogP contribution in [0.25, 0.3) is 21.0 Å². The van der Waals surface area contributed by atoms with E-state index < -0.39 is 0 Å². The Hall–Kier alpha value is -1.72. The molecule has 96 valence electrons. The summed E-state index contributed by atoms with van der Waals surface area (Å²) >= 11 is 1.71. The van der Waals surface area contributed by atoms with Gasteiger partial charge >= 0.3 is 0 Å². The molecule has 0 saturated carbocycles. The molecule has 0 bridgehead atoms. The second kappa shape index (κ2) is 4.43. The van der Waals surface area contributed by atoms with E-state index in [0.29, 0.717) is 0 Å². The third-order valence-electron chi connectivity index (χ3n) is 3.55. The summed E-state index contributed by atoms with van der Waals surface area (Å²) in [5.41, 5.74) is 1.28. The quantitative estimate of drug-likeness (QED) is 0.682. The van der Waals surface area contributed by atoms with Crippen LogP contribution in [-0.2, 0) is 4.74 Å². The molecule has 4 heterocycles. The normalized spacial score (nSPS) is 16.3. The number of fused-ring (bicyclic) bond motifs is 3. The van der Waals surface area contributed by atoms with Crippen molar-refractivity contribution in [2.75, 3.05) is 31.2 Å². The highest BCUT2D eigenvalue weighted by molar-refractivity contribution is 7.17. The fraction of sp³-hybridized carbons (Fsp3) is 0.286. The van der Waals surface area contributed by atoms with Crippen LogP contribution in [0.5, 0.6) is 0 Å². The number of aromatic nitrogens is 2. The van der Waals surface area contributed by atoms with Gasteiger partial charge in [-0.15, -0.1) is 11.3 Å². The van der Waals surface area contributed by atoms with Crippen molar-refractivity contribution in [2.24, 2.45) is 0 Å². The van der Waals surface area contributed by atoms with Gasteiger partial charge in [0, 0.05) is 47.8 Å². The zero-order valence-electron chi connectivity index (χ0n) is 10.4. The molecular weight excluding hydrogens is 258 g/mol. The maximum Gasteiger partial charge on any atom is 0.126 e. The third kappa shape index (κ3) is 1.77. The summed E-state index contributed by atoms with van der Waals surface area (Å²) in [5, 5.41) is 5.81. The third-order valence-corrected chi connectivity index (χ3v) is 4.42. The van der Waals surface area contributed by atoms with Crippen LogP contribution in [0.1, 0.15) is 0 Å². The molecule has 1 fully saturated rings. The van der Waals surface area contributed by atoms with Gasteiger partial charge in [-0.05, 0) is 11.5 Å². The van der Waals surface area contributed by atoms with Gasteiger partial charge in [-0.3, -0.25) is 4.98 Å². The van der Waals surface area contributed by atoms with Crippen molar-refractivity contribution >= 4 is 38.0 Å². The summed E-state index contributed by atoms with van der Waals surface area (Å²) in [7, 11) is 0. The highest BCUT2D eigenvalue weighted by atomic mass is 32.1. The molecule has 0 N–H and O–H groups in total. The Labute approximate surface area is 114 Å². The summed E-state index contributed by atoms with van der Waals surface area (Å²) in [6.07, 6.45) is 5.63. The van der Waals surface area contributed by atoms with Crippen LogP contribution >= 0.6 is 11.3 Å². The summed E-state index contributed by atoms with van der Waals surface area (Å²) in [4.78, 5) is 12.2. The van der Waals surface area contributed by atoms with Crippen molar-refractivity contribution in [3.8, 4) is 0 Å². The molecule has 1 saturated heterocycles. The fourth-order valence-corrected chi connectivity index (χ4v) is 3.53. The van der Waals surface area contributed by atoms with E-state index in [0.717, 1.165) is 36.5 Å². The van der Waals surface area contributed by atoms with Crippen LogP contribution in [0, 0.1) is 0 Å². The minimum Gasteiger partial charge on any atom is -0.378 e. The Bertz CT molecular complexity index is 734. The molecule has 1 aliphatic rings. The van der Waals surface area contributed by atoms with Crippen molar-refractivity contribution in [2.45, 2.75) is 0 Å². The standard InChI is InChI=1S/C14H13N3OS/c1-2-15-7-10-8-16-14-13(11(1)10)12(9-19-14)17-3-5-18-6-4-17/h1-2,7-9H,3-6H2. The Morgan fingerprint density at radius 2 is 2.11 bits per heavy atom. The Kier molecular flexibility index (Phi) is 2.60. The maximum atomic E-state index is 5.43. The molecule has 0 aliphatic carbocycles. The average molecular weight is 271 g/mol. The first-order valence-corrected chi connectivity index (χ1v) is 7.24.